The van der Waals surface area contributed by atoms with Gasteiger partial charge < -0.3 is 5.73 Å². The summed E-state index contributed by atoms with van der Waals surface area (Å²) in [5, 5.41) is 0. The lowest BCUT2D eigenvalue weighted by Gasteiger charge is -2.26. The first kappa shape index (κ1) is 15.0. The zero-order valence-electron chi connectivity index (χ0n) is 10.5. The first-order valence-corrected chi connectivity index (χ1v) is 7.20. The normalized spacial score (nSPS) is 12.7. The van der Waals surface area contributed by atoms with Gasteiger partial charge >= 0.3 is 0 Å². The maximum atomic E-state index is 12.9. The molecule has 0 aliphatic heterocycles. The van der Waals surface area contributed by atoms with Crippen LogP contribution in [0.2, 0.25) is 0 Å². The van der Waals surface area contributed by atoms with Gasteiger partial charge in [0, 0.05) is 18.3 Å². The summed E-state index contributed by atoms with van der Waals surface area (Å²) < 4.78 is 39.1. The van der Waals surface area contributed by atoms with Gasteiger partial charge in [0.05, 0.1) is 6.20 Å². The standard InChI is InChI=1S/C11H18FN3O2S/c1-3-11(13,4-2)8-15-18(16,17)10-5-9(12)6-14-7-10/h5-7,15H,3-4,8,13H2,1-2H3. The van der Waals surface area contributed by atoms with E-state index in [0.29, 0.717) is 12.8 Å². The quantitative estimate of drug-likeness (QED) is 0.811. The second-order valence-corrected chi connectivity index (χ2v) is 6.00. The number of nitrogens with one attached hydrogen (secondary N) is 1. The van der Waals surface area contributed by atoms with Crippen LogP contribution in [0.4, 0.5) is 4.39 Å². The fraction of sp³-hybridized carbons (Fsp3) is 0.545. The molecule has 102 valence electrons. The van der Waals surface area contributed by atoms with E-state index >= 15 is 0 Å². The number of aromatic nitrogens is 1. The number of pyridine rings is 1. The predicted molar refractivity (Wildman–Crippen MR) is 66.9 cm³/mol. The molecule has 0 atom stereocenters. The van der Waals surface area contributed by atoms with Crippen molar-refractivity contribution in [1.29, 1.82) is 0 Å². The molecule has 0 aromatic carbocycles. The Kier molecular flexibility index (Phi) is 4.78. The molecule has 1 aromatic heterocycles. The Balaban J connectivity index is 2.84. The van der Waals surface area contributed by atoms with Crippen LogP contribution in [0.25, 0.3) is 0 Å². The van der Waals surface area contributed by atoms with Crippen molar-refractivity contribution in [3.05, 3.63) is 24.3 Å². The van der Waals surface area contributed by atoms with Crippen molar-refractivity contribution < 1.29 is 12.8 Å². The molecule has 1 rings (SSSR count). The van der Waals surface area contributed by atoms with Crippen molar-refractivity contribution >= 4 is 10.0 Å². The Hall–Kier alpha value is -1.05. The molecule has 0 fully saturated rings. The average Bonchev–Trinajstić information content (AvgIpc) is 2.36. The van der Waals surface area contributed by atoms with Crippen LogP contribution in [-0.4, -0.2) is 25.5 Å². The first-order valence-electron chi connectivity index (χ1n) is 5.72. The van der Waals surface area contributed by atoms with Crippen LogP contribution in [0.15, 0.2) is 23.4 Å². The molecule has 0 bridgehead atoms. The van der Waals surface area contributed by atoms with Crippen LogP contribution in [0.3, 0.4) is 0 Å². The van der Waals surface area contributed by atoms with Gasteiger partial charge in [0.15, 0.2) is 0 Å². The summed E-state index contributed by atoms with van der Waals surface area (Å²) in [7, 11) is -3.77. The summed E-state index contributed by atoms with van der Waals surface area (Å²) in [6.07, 6.45) is 3.34. The third kappa shape index (κ3) is 3.72. The highest BCUT2D eigenvalue weighted by Crippen LogP contribution is 2.13. The summed E-state index contributed by atoms with van der Waals surface area (Å²) in [5.74, 6) is -0.692. The van der Waals surface area contributed by atoms with E-state index in [9.17, 15) is 12.8 Å². The topological polar surface area (TPSA) is 85.1 Å². The lowest BCUT2D eigenvalue weighted by atomic mass is 9.95. The van der Waals surface area contributed by atoms with Gasteiger partial charge in [0.1, 0.15) is 10.7 Å². The minimum atomic E-state index is -3.77. The summed E-state index contributed by atoms with van der Waals surface area (Å²) in [6.45, 7) is 3.89. The second-order valence-electron chi connectivity index (χ2n) is 4.23. The highest BCUT2D eigenvalue weighted by Gasteiger charge is 2.24. The van der Waals surface area contributed by atoms with Crippen LogP contribution in [-0.2, 0) is 10.0 Å². The minimum absolute atomic E-state index is 0.110. The minimum Gasteiger partial charge on any atom is -0.324 e. The van der Waals surface area contributed by atoms with Gasteiger partial charge in [-0.1, -0.05) is 13.8 Å². The van der Waals surface area contributed by atoms with Gasteiger partial charge in [-0.15, -0.1) is 0 Å². The molecule has 5 nitrogen and oxygen atoms in total. The highest BCUT2D eigenvalue weighted by molar-refractivity contribution is 7.89. The number of nitrogens with two attached hydrogens (primary N) is 1. The fourth-order valence-corrected chi connectivity index (χ4v) is 2.47. The van der Waals surface area contributed by atoms with Crippen molar-refractivity contribution in [3.8, 4) is 0 Å². The monoisotopic (exact) mass is 275 g/mol. The third-order valence-electron chi connectivity index (χ3n) is 3.01. The largest absolute Gasteiger partial charge is 0.324 e. The van der Waals surface area contributed by atoms with E-state index in [-0.39, 0.29) is 11.4 Å². The summed E-state index contributed by atoms with van der Waals surface area (Å²) in [6, 6.07) is 0.922. The molecule has 3 N–H and O–H groups in total. The smallest absolute Gasteiger partial charge is 0.242 e. The van der Waals surface area contributed by atoms with Crippen molar-refractivity contribution in [1.82, 2.24) is 9.71 Å². The van der Waals surface area contributed by atoms with E-state index in [4.69, 9.17) is 5.73 Å². The van der Waals surface area contributed by atoms with E-state index < -0.39 is 21.4 Å². The molecule has 1 heterocycles. The molecule has 0 radical (unpaired) electrons. The van der Waals surface area contributed by atoms with Crippen molar-refractivity contribution in [3.63, 3.8) is 0 Å². The molecule has 0 amide bonds. The number of sulfonamides is 1. The zero-order valence-corrected chi connectivity index (χ0v) is 11.3. The molecule has 0 aliphatic rings. The van der Waals surface area contributed by atoms with Crippen LogP contribution in [0.1, 0.15) is 26.7 Å². The van der Waals surface area contributed by atoms with Gasteiger partial charge in [0.2, 0.25) is 10.0 Å². The van der Waals surface area contributed by atoms with E-state index in [2.05, 4.69) is 9.71 Å². The maximum Gasteiger partial charge on any atom is 0.242 e. The van der Waals surface area contributed by atoms with Gasteiger partial charge in [-0.25, -0.2) is 17.5 Å². The van der Waals surface area contributed by atoms with Gasteiger partial charge in [-0.3, -0.25) is 4.98 Å². The molecule has 0 saturated carbocycles. The number of nitrogens with zero attached hydrogens (tertiary/aromatic N) is 1. The SMILES string of the molecule is CCC(N)(CC)CNS(=O)(=O)c1cncc(F)c1. The molecular formula is C11H18FN3O2S. The second kappa shape index (κ2) is 5.73. The molecule has 0 saturated heterocycles. The Bertz CT molecular complexity index is 501. The van der Waals surface area contributed by atoms with Crippen LogP contribution < -0.4 is 10.5 Å². The molecule has 0 aliphatic carbocycles. The van der Waals surface area contributed by atoms with Crippen LogP contribution in [0, 0.1) is 5.82 Å². The summed E-state index contributed by atoms with van der Waals surface area (Å²) in [4.78, 5) is 3.31. The number of hydrogen-bond acceptors (Lipinski definition) is 4. The molecule has 18 heavy (non-hydrogen) atoms. The Morgan fingerprint density at radius 3 is 2.50 bits per heavy atom. The van der Waals surface area contributed by atoms with Gasteiger partial charge in [-0.2, -0.15) is 0 Å². The fourth-order valence-electron chi connectivity index (χ4n) is 1.36. The lowest BCUT2D eigenvalue weighted by molar-refractivity contribution is 0.391. The van der Waals surface area contributed by atoms with Crippen molar-refractivity contribution in [2.45, 2.75) is 37.1 Å². The van der Waals surface area contributed by atoms with Crippen molar-refractivity contribution in [2.75, 3.05) is 6.54 Å². The average molecular weight is 275 g/mol. The van der Waals surface area contributed by atoms with E-state index in [1.807, 2.05) is 13.8 Å². The molecule has 1 aromatic rings. The Morgan fingerprint density at radius 1 is 1.39 bits per heavy atom. The molecule has 7 heteroatoms. The van der Waals surface area contributed by atoms with Gasteiger partial charge in [-0.05, 0) is 18.9 Å². The van der Waals surface area contributed by atoms with Gasteiger partial charge in [0.25, 0.3) is 0 Å². The Labute approximate surface area is 107 Å². The molecule has 0 spiro atoms. The Morgan fingerprint density at radius 2 is 2.00 bits per heavy atom. The van der Waals surface area contributed by atoms with Crippen molar-refractivity contribution in [2.24, 2.45) is 5.73 Å². The lowest BCUT2D eigenvalue weighted by Crippen LogP contribution is -2.49. The van der Waals surface area contributed by atoms with Crippen LogP contribution in [0.5, 0.6) is 0 Å². The number of hydrogen-bond donors (Lipinski definition) is 2. The van der Waals surface area contributed by atoms with Crippen LogP contribution >= 0.6 is 0 Å². The maximum absolute atomic E-state index is 12.9. The summed E-state index contributed by atoms with van der Waals surface area (Å²) in [5.41, 5.74) is 5.41. The predicted octanol–water partition coefficient (Wildman–Crippen LogP) is 1.02. The molecular weight excluding hydrogens is 257 g/mol. The van der Waals surface area contributed by atoms with E-state index in [0.717, 1.165) is 18.5 Å². The molecule has 0 unspecified atom stereocenters. The van der Waals surface area contributed by atoms with E-state index in [1.54, 1.807) is 0 Å². The highest BCUT2D eigenvalue weighted by atomic mass is 32.2. The summed E-state index contributed by atoms with van der Waals surface area (Å²) >= 11 is 0. The zero-order chi connectivity index (χ0) is 13.8. The van der Waals surface area contributed by atoms with E-state index in [1.165, 1.54) is 0 Å². The number of rotatable bonds is 6. The first-order chi connectivity index (χ1) is 8.33. The number of halogens is 1. The third-order valence-corrected chi connectivity index (χ3v) is 4.38.